The van der Waals surface area contributed by atoms with E-state index in [1.807, 2.05) is 18.2 Å². The normalized spacial score (nSPS) is 10.4. The molecule has 1 aromatic carbocycles. The molecule has 2 rings (SSSR count). The highest BCUT2D eigenvalue weighted by molar-refractivity contribution is 7.15. The SMILES string of the molecule is Nc1nnc(CCCOc2cccc(Cl)c2)s1. The third-order valence-electron chi connectivity index (χ3n) is 2.08. The molecule has 0 bridgehead atoms. The first-order valence-corrected chi connectivity index (χ1v) is 6.40. The van der Waals surface area contributed by atoms with E-state index in [9.17, 15) is 0 Å². The number of rotatable bonds is 5. The van der Waals surface area contributed by atoms with Crippen LogP contribution in [0.5, 0.6) is 5.75 Å². The molecule has 0 unspecified atom stereocenters. The van der Waals surface area contributed by atoms with Crippen LogP contribution in [-0.4, -0.2) is 16.8 Å². The van der Waals surface area contributed by atoms with Gasteiger partial charge in [0.1, 0.15) is 10.8 Å². The van der Waals surface area contributed by atoms with Crippen molar-refractivity contribution in [1.82, 2.24) is 10.2 Å². The fraction of sp³-hybridized carbons (Fsp3) is 0.273. The van der Waals surface area contributed by atoms with E-state index in [1.165, 1.54) is 11.3 Å². The fourth-order valence-corrected chi connectivity index (χ4v) is 2.17. The van der Waals surface area contributed by atoms with E-state index < -0.39 is 0 Å². The van der Waals surface area contributed by atoms with Crippen molar-refractivity contribution in [2.45, 2.75) is 12.8 Å². The van der Waals surface area contributed by atoms with E-state index in [0.29, 0.717) is 16.8 Å². The van der Waals surface area contributed by atoms with Gasteiger partial charge in [-0.3, -0.25) is 0 Å². The van der Waals surface area contributed by atoms with Gasteiger partial charge in [-0.1, -0.05) is 29.0 Å². The molecule has 1 heterocycles. The van der Waals surface area contributed by atoms with Gasteiger partial charge in [0.15, 0.2) is 0 Å². The van der Waals surface area contributed by atoms with Crippen LogP contribution in [-0.2, 0) is 6.42 Å². The Kier molecular flexibility index (Phi) is 4.17. The topological polar surface area (TPSA) is 61.0 Å². The maximum atomic E-state index is 5.85. The van der Waals surface area contributed by atoms with Gasteiger partial charge in [-0.25, -0.2) is 0 Å². The molecule has 0 aliphatic rings. The number of hydrogen-bond donors (Lipinski definition) is 1. The van der Waals surface area contributed by atoms with Gasteiger partial charge in [0, 0.05) is 11.4 Å². The van der Waals surface area contributed by atoms with Crippen molar-refractivity contribution >= 4 is 28.1 Å². The molecule has 0 radical (unpaired) electrons. The number of nitrogen functional groups attached to an aromatic ring is 1. The molecule has 0 saturated heterocycles. The summed E-state index contributed by atoms with van der Waals surface area (Å²) < 4.78 is 5.56. The van der Waals surface area contributed by atoms with Crippen LogP contribution in [0.1, 0.15) is 11.4 Å². The third kappa shape index (κ3) is 3.87. The number of aryl methyl sites for hydroxylation is 1. The molecular weight excluding hydrogens is 258 g/mol. The van der Waals surface area contributed by atoms with Crippen LogP contribution < -0.4 is 10.5 Å². The standard InChI is InChI=1S/C11H12ClN3OS/c12-8-3-1-4-9(7-8)16-6-2-5-10-14-15-11(13)17-10/h1,3-4,7H,2,5-6H2,(H2,13,15). The van der Waals surface area contributed by atoms with Gasteiger partial charge < -0.3 is 10.5 Å². The van der Waals surface area contributed by atoms with Crippen molar-refractivity contribution < 1.29 is 4.74 Å². The lowest BCUT2D eigenvalue weighted by Crippen LogP contribution is -1.99. The van der Waals surface area contributed by atoms with Crippen LogP contribution in [0.25, 0.3) is 0 Å². The minimum absolute atomic E-state index is 0.510. The molecule has 0 atom stereocenters. The Labute approximate surface area is 108 Å². The second kappa shape index (κ2) is 5.84. The number of aromatic nitrogens is 2. The van der Waals surface area contributed by atoms with E-state index in [4.69, 9.17) is 22.1 Å². The average molecular weight is 270 g/mol. The van der Waals surface area contributed by atoms with Crippen molar-refractivity contribution in [2.75, 3.05) is 12.3 Å². The minimum Gasteiger partial charge on any atom is -0.494 e. The van der Waals surface area contributed by atoms with E-state index >= 15 is 0 Å². The predicted octanol–water partition coefficient (Wildman–Crippen LogP) is 2.79. The maximum Gasteiger partial charge on any atom is 0.203 e. The first-order chi connectivity index (χ1) is 8.24. The molecule has 0 saturated carbocycles. The van der Waals surface area contributed by atoms with Gasteiger partial charge >= 0.3 is 0 Å². The Morgan fingerprint density at radius 3 is 2.94 bits per heavy atom. The summed E-state index contributed by atoms with van der Waals surface area (Å²) >= 11 is 7.26. The second-order valence-corrected chi connectivity index (χ2v) is 4.97. The summed E-state index contributed by atoms with van der Waals surface area (Å²) in [5.74, 6) is 0.786. The van der Waals surface area contributed by atoms with Crippen molar-refractivity contribution in [2.24, 2.45) is 0 Å². The zero-order valence-electron chi connectivity index (χ0n) is 9.10. The Balaban J connectivity index is 1.73. The van der Waals surface area contributed by atoms with Crippen molar-refractivity contribution in [3.05, 3.63) is 34.3 Å². The second-order valence-electron chi connectivity index (χ2n) is 3.44. The Morgan fingerprint density at radius 1 is 1.35 bits per heavy atom. The first-order valence-electron chi connectivity index (χ1n) is 5.20. The Hall–Kier alpha value is -1.33. The highest BCUT2D eigenvalue weighted by Crippen LogP contribution is 2.18. The Bertz CT molecular complexity index is 489. The maximum absolute atomic E-state index is 5.85. The number of benzene rings is 1. The van der Waals surface area contributed by atoms with Gasteiger partial charge in [0.05, 0.1) is 6.61 Å². The molecule has 2 aromatic rings. The summed E-state index contributed by atoms with van der Waals surface area (Å²) in [5, 5.41) is 9.83. The van der Waals surface area contributed by atoms with Gasteiger partial charge in [-0.2, -0.15) is 0 Å². The molecule has 1 aromatic heterocycles. The monoisotopic (exact) mass is 269 g/mol. The van der Waals surface area contributed by atoms with E-state index in [-0.39, 0.29) is 0 Å². The molecule has 90 valence electrons. The highest BCUT2D eigenvalue weighted by Gasteiger charge is 2.01. The predicted molar refractivity (Wildman–Crippen MR) is 69.6 cm³/mol. The molecule has 0 amide bonds. The zero-order chi connectivity index (χ0) is 12.1. The number of ether oxygens (including phenoxy) is 1. The Morgan fingerprint density at radius 2 is 2.24 bits per heavy atom. The number of nitrogens with zero attached hydrogens (tertiary/aromatic N) is 2. The van der Waals surface area contributed by atoms with Crippen LogP contribution in [0.15, 0.2) is 24.3 Å². The molecule has 4 nitrogen and oxygen atoms in total. The number of anilines is 1. The largest absolute Gasteiger partial charge is 0.494 e. The zero-order valence-corrected chi connectivity index (χ0v) is 10.7. The fourth-order valence-electron chi connectivity index (χ4n) is 1.34. The molecule has 17 heavy (non-hydrogen) atoms. The minimum atomic E-state index is 0.510. The van der Waals surface area contributed by atoms with Crippen LogP contribution in [0.4, 0.5) is 5.13 Å². The van der Waals surface area contributed by atoms with E-state index in [2.05, 4.69) is 10.2 Å². The molecule has 0 aliphatic carbocycles. The van der Waals surface area contributed by atoms with Crippen molar-refractivity contribution in [3.63, 3.8) is 0 Å². The lowest BCUT2D eigenvalue weighted by molar-refractivity contribution is 0.311. The first kappa shape index (κ1) is 12.1. The van der Waals surface area contributed by atoms with Gasteiger partial charge in [0.2, 0.25) is 5.13 Å². The summed E-state index contributed by atoms with van der Waals surface area (Å²) in [6.07, 6.45) is 1.70. The summed E-state index contributed by atoms with van der Waals surface area (Å²) in [6, 6.07) is 7.36. The van der Waals surface area contributed by atoms with Crippen LogP contribution >= 0.6 is 22.9 Å². The highest BCUT2D eigenvalue weighted by atomic mass is 35.5. The van der Waals surface area contributed by atoms with E-state index in [1.54, 1.807) is 6.07 Å². The molecule has 6 heteroatoms. The molecule has 2 N–H and O–H groups in total. The van der Waals surface area contributed by atoms with Crippen molar-refractivity contribution in [3.8, 4) is 5.75 Å². The number of hydrogen-bond acceptors (Lipinski definition) is 5. The number of nitrogens with two attached hydrogens (primary N) is 1. The van der Waals surface area contributed by atoms with Gasteiger partial charge in [-0.15, -0.1) is 10.2 Å². The van der Waals surface area contributed by atoms with Crippen LogP contribution in [0.3, 0.4) is 0 Å². The summed E-state index contributed by atoms with van der Waals surface area (Å²) in [7, 11) is 0. The van der Waals surface area contributed by atoms with Gasteiger partial charge in [-0.05, 0) is 24.6 Å². The molecule has 0 fully saturated rings. The van der Waals surface area contributed by atoms with Crippen molar-refractivity contribution in [1.29, 1.82) is 0 Å². The van der Waals surface area contributed by atoms with Crippen LogP contribution in [0, 0.1) is 0 Å². The summed E-state index contributed by atoms with van der Waals surface area (Å²) in [6.45, 7) is 0.625. The van der Waals surface area contributed by atoms with Gasteiger partial charge in [0.25, 0.3) is 0 Å². The molecule has 0 spiro atoms. The summed E-state index contributed by atoms with van der Waals surface area (Å²) in [4.78, 5) is 0. The molecule has 0 aliphatic heterocycles. The lowest BCUT2D eigenvalue weighted by atomic mass is 10.3. The smallest absolute Gasteiger partial charge is 0.203 e. The average Bonchev–Trinajstić information content (AvgIpc) is 2.71. The third-order valence-corrected chi connectivity index (χ3v) is 3.13. The lowest BCUT2D eigenvalue weighted by Gasteiger charge is -2.04. The quantitative estimate of drug-likeness (QED) is 0.848. The van der Waals surface area contributed by atoms with E-state index in [0.717, 1.165) is 23.6 Å². The summed E-state index contributed by atoms with van der Waals surface area (Å²) in [5.41, 5.74) is 5.49. The number of halogens is 1. The molecular formula is C11H12ClN3OS. The van der Waals surface area contributed by atoms with Crippen LogP contribution in [0.2, 0.25) is 5.02 Å².